The van der Waals surface area contributed by atoms with Crippen LogP contribution in [-0.2, 0) is 13.0 Å². The molecule has 12 nitrogen and oxygen atoms in total. The van der Waals surface area contributed by atoms with E-state index in [1.165, 1.54) is 30.9 Å². The fourth-order valence-corrected chi connectivity index (χ4v) is 3.99. The molecule has 13 heteroatoms. The van der Waals surface area contributed by atoms with Gasteiger partial charge in [0.15, 0.2) is 17.1 Å². The number of nitrogens with zero attached hydrogens (tertiary/aromatic N) is 4. The smallest absolute Gasteiger partial charge is 0.340 e. The van der Waals surface area contributed by atoms with Crippen molar-refractivity contribution in [3.05, 3.63) is 65.1 Å². The molecule has 0 radical (unpaired) electrons. The number of anilines is 1. The minimum Gasteiger partial charge on any atom is -0.493 e. The number of hydrogen-bond acceptors (Lipinski definition) is 9. The molecule has 1 N–H and O–H groups in total. The highest BCUT2D eigenvalue weighted by molar-refractivity contribution is 6.30. The summed E-state index contributed by atoms with van der Waals surface area (Å²) in [5.74, 6) is 0.196. The number of nitro groups is 2. The molecule has 0 unspecified atom stereocenters. The van der Waals surface area contributed by atoms with E-state index in [1.54, 1.807) is 6.07 Å². The summed E-state index contributed by atoms with van der Waals surface area (Å²) < 4.78 is 11.7. The number of nitrogens with one attached hydrogen (secondary N) is 1. The number of ether oxygens (including phenoxy) is 2. The molecule has 0 fully saturated rings. The maximum absolute atomic E-state index is 12.9. The topological polar surface area (TPSA) is 152 Å². The predicted octanol–water partition coefficient (Wildman–Crippen LogP) is 2.90. The number of aromatic nitrogens is 2. The lowest BCUT2D eigenvalue weighted by Gasteiger charge is -2.12. The van der Waals surface area contributed by atoms with Gasteiger partial charge in [-0.15, -0.1) is 0 Å². The van der Waals surface area contributed by atoms with E-state index in [2.05, 4.69) is 10.3 Å². The first kappa shape index (κ1) is 21.3. The van der Waals surface area contributed by atoms with E-state index in [4.69, 9.17) is 21.1 Å². The summed E-state index contributed by atoms with van der Waals surface area (Å²) in [5.41, 5.74) is -0.494. The van der Waals surface area contributed by atoms with Crippen molar-refractivity contribution in [3.63, 3.8) is 0 Å². The lowest BCUT2D eigenvalue weighted by molar-refractivity contribution is -0.384. The van der Waals surface area contributed by atoms with Gasteiger partial charge in [0.25, 0.3) is 5.56 Å². The molecule has 166 valence electrons. The molecule has 4 rings (SSSR count). The third-order valence-corrected chi connectivity index (χ3v) is 5.51. The third kappa shape index (κ3) is 3.34. The van der Waals surface area contributed by atoms with Gasteiger partial charge in [0, 0.05) is 36.5 Å². The van der Waals surface area contributed by atoms with Crippen molar-refractivity contribution in [2.75, 3.05) is 26.1 Å². The first-order valence-electron chi connectivity index (χ1n) is 9.30. The van der Waals surface area contributed by atoms with E-state index < -0.39 is 15.5 Å². The second-order valence-corrected chi connectivity index (χ2v) is 7.31. The summed E-state index contributed by atoms with van der Waals surface area (Å²) in [6, 6.07) is 4.26. The number of benzene rings is 1. The highest BCUT2D eigenvalue weighted by Crippen LogP contribution is 2.43. The van der Waals surface area contributed by atoms with Crippen molar-refractivity contribution in [2.45, 2.75) is 13.0 Å². The number of methoxy groups -OCH3 is 2. The molecule has 2 aromatic heterocycles. The molecule has 0 atom stereocenters. The van der Waals surface area contributed by atoms with E-state index in [9.17, 15) is 25.0 Å². The van der Waals surface area contributed by atoms with E-state index in [0.29, 0.717) is 24.0 Å². The summed E-state index contributed by atoms with van der Waals surface area (Å²) >= 11 is 6.31. The molecule has 3 aromatic rings. The largest absolute Gasteiger partial charge is 0.493 e. The molecule has 0 saturated carbocycles. The van der Waals surface area contributed by atoms with Crippen LogP contribution in [0, 0.1) is 20.2 Å². The molecule has 0 amide bonds. The molecule has 1 aliphatic heterocycles. The number of pyridine rings is 2. The van der Waals surface area contributed by atoms with Crippen LogP contribution in [-0.4, -0.2) is 40.2 Å². The van der Waals surface area contributed by atoms with Crippen molar-refractivity contribution in [3.8, 4) is 11.5 Å². The van der Waals surface area contributed by atoms with Crippen molar-refractivity contribution in [1.82, 2.24) is 9.55 Å². The van der Waals surface area contributed by atoms with Gasteiger partial charge < -0.3 is 14.8 Å². The second kappa shape index (κ2) is 7.96. The Kier molecular flexibility index (Phi) is 5.30. The van der Waals surface area contributed by atoms with Gasteiger partial charge in [-0.25, -0.2) is 4.98 Å². The zero-order valence-electron chi connectivity index (χ0n) is 16.9. The molecule has 1 aliphatic rings. The molecule has 0 bridgehead atoms. The van der Waals surface area contributed by atoms with Crippen molar-refractivity contribution < 1.29 is 19.3 Å². The molecule has 0 spiro atoms. The summed E-state index contributed by atoms with van der Waals surface area (Å²) in [7, 11) is 2.62. The van der Waals surface area contributed by atoms with Crippen LogP contribution in [0.25, 0.3) is 10.9 Å². The van der Waals surface area contributed by atoms with Crippen LogP contribution in [0.4, 0.5) is 17.2 Å². The van der Waals surface area contributed by atoms with Crippen LogP contribution in [0.2, 0.25) is 5.15 Å². The van der Waals surface area contributed by atoms with Gasteiger partial charge in [-0.1, -0.05) is 11.6 Å². The van der Waals surface area contributed by atoms with E-state index in [-0.39, 0.29) is 51.2 Å². The Hall–Kier alpha value is -3.93. The van der Waals surface area contributed by atoms with Crippen LogP contribution < -0.4 is 20.3 Å². The fourth-order valence-electron chi connectivity index (χ4n) is 3.79. The van der Waals surface area contributed by atoms with Crippen LogP contribution in [0.1, 0.15) is 11.1 Å². The highest BCUT2D eigenvalue weighted by Gasteiger charge is 2.28. The summed E-state index contributed by atoms with van der Waals surface area (Å²) in [6.45, 7) is 0.707. The lowest BCUT2D eigenvalue weighted by atomic mass is 10.0. The Labute approximate surface area is 184 Å². The van der Waals surface area contributed by atoms with Gasteiger partial charge in [0.05, 0.1) is 24.1 Å². The van der Waals surface area contributed by atoms with Crippen molar-refractivity contribution in [1.29, 1.82) is 0 Å². The summed E-state index contributed by atoms with van der Waals surface area (Å²) in [6.07, 6.45) is -0.0517. The van der Waals surface area contributed by atoms with Crippen molar-refractivity contribution >= 4 is 39.7 Å². The highest BCUT2D eigenvalue weighted by atomic mass is 35.5. The zero-order valence-corrected chi connectivity index (χ0v) is 17.6. The minimum atomic E-state index is -0.643. The molecular formula is C19H16ClN5O7. The molecule has 0 aliphatic carbocycles. The van der Waals surface area contributed by atoms with E-state index in [0.717, 1.165) is 0 Å². The Morgan fingerprint density at radius 3 is 2.53 bits per heavy atom. The SMILES string of the molecule is COc1cc2cc(Cc3cc([N+](=O)[O-])c4n(c3=O)CCN4)c(Cl)nc2c([N+](=O)[O-])c1OC. The Bertz CT molecular complexity index is 1350. The lowest BCUT2D eigenvalue weighted by Crippen LogP contribution is -2.23. The number of halogens is 1. The van der Waals surface area contributed by atoms with Crippen LogP contribution >= 0.6 is 11.6 Å². The Balaban J connectivity index is 1.90. The van der Waals surface area contributed by atoms with Gasteiger partial charge in [-0.05, 0) is 17.7 Å². The third-order valence-electron chi connectivity index (χ3n) is 5.18. The molecule has 0 saturated heterocycles. The molecule has 3 heterocycles. The minimum absolute atomic E-state index is 0.0118. The first-order valence-corrected chi connectivity index (χ1v) is 9.68. The quantitative estimate of drug-likeness (QED) is 0.331. The van der Waals surface area contributed by atoms with Gasteiger partial charge >= 0.3 is 11.4 Å². The summed E-state index contributed by atoms with van der Waals surface area (Å²) in [4.78, 5) is 39.0. The van der Waals surface area contributed by atoms with E-state index in [1.807, 2.05) is 0 Å². The number of fused-ring (bicyclic) bond motifs is 2. The molecular weight excluding hydrogens is 446 g/mol. The molecule has 1 aromatic carbocycles. The number of rotatable bonds is 6. The van der Waals surface area contributed by atoms with Crippen LogP contribution in [0.3, 0.4) is 0 Å². The average Bonchev–Trinajstić information content (AvgIpc) is 3.24. The maximum atomic E-state index is 12.9. The predicted molar refractivity (Wildman–Crippen MR) is 115 cm³/mol. The fraction of sp³-hybridized carbons (Fsp3) is 0.263. The van der Waals surface area contributed by atoms with Gasteiger partial charge in [0.2, 0.25) is 5.75 Å². The standard InChI is InChI=1S/C19H16ClN5O7/c1-31-13-8-9-5-10(17(20)22-14(9)15(25(29)30)16(13)32-2)6-11-7-12(24(27)28)18-21-3-4-23(18)19(11)26/h5,7-8,21H,3-4,6H2,1-2H3. The van der Waals surface area contributed by atoms with Crippen LogP contribution in [0.5, 0.6) is 11.5 Å². The second-order valence-electron chi connectivity index (χ2n) is 6.95. The first-order chi connectivity index (χ1) is 15.3. The number of nitro benzene ring substituents is 1. The maximum Gasteiger partial charge on any atom is 0.340 e. The molecule has 32 heavy (non-hydrogen) atoms. The van der Waals surface area contributed by atoms with Gasteiger partial charge in [-0.3, -0.25) is 29.6 Å². The normalized spacial score (nSPS) is 12.3. The van der Waals surface area contributed by atoms with Crippen molar-refractivity contribution in [2.24, 2.45) is 0 Å². The Morgan fingerprint density at radius 2 is 1.91 bits per heavy atom. The Morgan fingerprint density at radius 1 is 1.16 bits per heavy atom. The average molecular weight is 462 g/mol. The summed E-state index contributed by atoms with van der Waals surface area (Å²) in [5, 5.41) is 26.3. The van der Waals surface area contributed by atoms with Gasteiger partial charge in [0.1, 0.15) is 5.15 Å². The zero-order chi connectivity index (χ0) is 23.2. The van der Waals surface area contributed by atoms with Gasteiger partial charge in [-0.2, -0.15) is 0 Å². The van der Waals surface area contributed by atoms with E-state index >= 15 is 0 Å². The van der Waals surface area contributed by atoms with Crippen LogP contribution in [0.15, 0.2) is 23.0 Å². The monoisotopic (exact) mass is 461 g/mol. The number of hydrogen-bond donors (Lipinski definition) is 1.